The molecular weight excluding hydrogens is 356 g/mol. The number of nitrogens with one attached hydrogen (secondary N) is 2. The molecule has 8 heteroatoms. The zero-order valence-corrected chi connectivity index (χ0v) is 16.1. The van der Waals surface area contributed by atoms with E-state index in [0.29, 0.717) is 0 Å². The quantitative estimate of drug-likeness (QED) is 0.769. The maximum Gasteiger partial charge on any atom is 0.287 e. The molecule has 0 saturated carbocycles. The number of amides is 1. The number of rotatable bonds is 7. The fourth-order valence-corrected chi connectivity index (χ4v) is 3.67. The average molecular weight is 380 g/mol. The first-order chi connectivity index (χ1) is 12.1. The third-order valence-electron chi connectivity index (χ3n) is 3.41. The van der Waals surface area contributed by atoms with Crippen molar-refractivity contribution in [3.05, 3.63) is 53.8 Å². The van der Waals surface area contributed by atoms with Crippen LogP contribution in [-0.2, 0) is 14.8 Å². The maximum absolute atomic E-state index is 12.2. The van der Waals surface area contributed by atoms with Gasteiger partial charge < -0.3 is 14.5 Å². The van der Waals surface area contributed by atoms with Crippen LogP contribution in [0, 0.1) is 0 Å². The Labute approximate surface area is 153 Å². The van der Waals surface area contributed by atoms with Gasteiger partial charge >= 0.3 is 0 Å². The second-order valence-corrected chi connectivity index (χ2v) is 8.43. The molecule has 1 amide bonds. The van der Waals surface area contributed by atoms with E-state index in [1.54, 1.807) is 27.9 Å². The normalized spacial score (nSPS) is 13.4. The number of furan rings is 1. The molecule has 1 atom stereocenters. The molecule has 0 radical (unpaired) electrons. The topological polar surface area (TPSA) is 97.6 Å². The van der Waals surface area contributed by atoms with Crippen molar-refractivity contribution in [2.24, 2.45) is 0 Å². The first-order valence-corrected chi connectivity index (χ1v) is 9.60. The van der Waals surface area contributed by atoms with Crippen LogP contribution in [0.2, 0.25) is 0 Å². The Kier molecular flexibility index (Phi) is 6.22. The fraction of sp³-hybridized carbons (Fsp3) is 0.389. The number of sulfonamides is 1. The molecule has 0 aliphatic heterocycles. The van der Waals surface area contributed by atoms with Crippen molar-refractivity contribution >= 4 is 15.9 Å². The first-order valence-electron chi connectivity index (χ1n) is 8.12. The van der Waals surface area contributed by atoms with Gasteiger partial charge in [-0.25, -0.2) is 13.1 Å². The highest BCUT2D eigenvalue weighted by Gasteiger charge is 2.26. The fourth-order valence-electron chi connectivity index (χ4n) is 2.32. The van der Waals surface area contributed by atoms with Crippen molar-refractivity contribution in [3.63, 3.8) is 0 Å². The van der Waals surface area contributed by atoms with Gasteiger partial charge in [0.25, 0.3) is 15.9 Å². The molecular formula is C18H24N2O5S. The van der Waals surface area contributed by atoms with Gasteiger partial charge in [0.05, 0.1) is 6.10 Å². The first kappa shape index (κ1) is 20.2. The number of benzene rings is 1. The van der Waals surface area contributed by atoms with E-state index in [2.05, 4.69) is 10.0 Å². The van der Waals surface area contributed by atoms with Crippen LogP contribution in [0.5, 0.6) is 0 Å². The van der Waals surface area contributed by atoms with Crippen LogP contribution < -0.4 is 10.0 Å². The summed E-state index contributed by atoms with van der Waals surface area (Å²) in [6.45, 7) is 5.38. The van der Waals surface area contributed by atoms with Gasteiger partial charge in [0.1, 0.15) is 0 Å². The summed E-state index contributed by atoms with van der Waals surface area (Å²) in [6, 6.07) is 12.0. The summed E-state index contributed by atoms with van der Waals surface area (Å²) in [5.74, 6) is -0.595. The lowest BCUT2D eigenvalue weighted by Gasteiger charge is -2.19. The van der Waals surface area contributed by atoms with Gasteiger partial charge in [-0.1, -0.05) is 30.3 Å². The molecule has 0 unspecified atom stereocenters. The molecule has 0 aliphatic rings. The maximum atomic E-state index is 12.2. The van der Waals surface area contributed by atoms with Gasteiger partial charge in [0, 0.05) is 19.2 Å². The van der Waals surface area contributed by atoms with Gasteiger partial charge in [-0.3, -0.25) is 4.79 Å². The van der Waals surface area contributed by atoms with Crippen LogP contribution in [0.15, 0.2) is 52.0 Å². The van der Waals surface area contributed by atoms with E-state index in [4.69, 9.17) is 9.15 Å². The number of hydrogen-bond donors (Lipinski definition) is 2. The number of hydrogen-bond acceptors (Lipinski definition) is 5. The van der Waals surface area contributed by atoms with Crippen molar-refractivity contribution in [1.29, 1.82) is 0 Å². The Morgan fingerprint density at radius 1 is 1.15 bits per heavy atom. The molecule has 26 heavy (non-hydrogen) atoms. The molecule has 0 fully saturated rings. The number of carbonyl (C=O) groups excluding carboxylic acids is 1. The SMILES string of the molecule is CO[C@H](CNC(=O)c1ccc(S(=O)(=O)NC(C)(C)C)o1)c1ccccc1. The van der Waals surface area contributed by atoms with Crippen LogP contribution >= 0.6 is 0 Å². The third kappa shape index (κ3) is 5.42. The Bertz CT molecular complexity index is 838. The van der Waals surface area contributed by atoms with E-state index in [0.717, 1.165) is 5.56 Å². The molecule has 1 heterocycles. The summed E-state index contributed by atoms with van der Waals surface area (Å²) < 4.78 is 37.5. The Balaban J connectivity index is 2.04. The molecule has 2 rings (SSSR count). The molecule has 1 aromatic heterocycles. The lowest BCUT2D eigenvalue weighted by atomic mass is 10.1. The Morgan fingerprint density at radius 2 is 1.81 bits per heavy atom. The van der Waals surface area contributed by atoms with Crippen molar-refractivity contribution in [2.45, 2.75) is 37.5 Å². The molecule has 0 aliphatic carbocycles. The summed E-state index contributed by atoms with van der Waals surface area (Å²) >= 11 is 0. The molecule has 142 valence electrons. The smallest absolute Gasteiger partial charge is 0.287 e. The second-order valence-electron chi connectivity index (χ2n) is 6.82. The van der Waals surface area contributed by atoms with E-state index in [9.17, 15) is 13.2 Å². The van der Waals surface area contributed by atoms with Crippen LogP contribution in [0.3, 0.4) is 0 Å². The molecule has 0 spiro atoms. The second kappa shape index (κ2) is 8.03. The predicted molar refractivity (Wildman–Crippen MR) is 97.3 cm³/mol. The van der Waals surface area contributed by atoms with Gasteiger partial charge in [-0.05, 0) is 38.5 Å². The van der Waals surface area contributed by atoms with Gasteiger partial charge in [0.2, 0.25) is 5.09 Å². The van der Waals surface area contributed by atoms with Gasteiger partial charge in [-0.2, -0.15) is 0 Å². The third-order valence-corrected chi connectivity index (χ3v) is 5.04. The van der Waals surface area contributed by atoms with E-state index in [1.165, 1.54) is 12.1 Å². The van der Waals surface area contributed by atoms with Crippen molar-refractivity contribution in [1.82, 2.24) is 10.0 Å². The van der Waals surface area contributed by atoms with E-state index in [-0.39, 0.29) is 23.5 Å². The zero-order valence-electron chi connectivity index (χ0n) is 15.3. The Hall–Kier alpha value is -2.16. The molecule has 7 nitrogen and oxygen atoms in total. The number of ether oxygens (including phenoxy) is 1. The van der Waals surface area contributed by atoms with Crippen LogP contribution in [0.25, 0.3) is 0 Å². The highest BCUT2D eigenvalue weighted by molar-refractivity contribution is 7.89. The molecule has 0 bridgehead atoms. The molecule has 1 aromatic carbocycles. The summed E-state index contributed by atoms with van der Waals surface area (Å²) in [5.41, 5.74) is 0.266. The number of carbonyl (C=O) groups is 1. The molecule has 2 N–H and O–H groups in total. The largest absolute Gasteiger partial charge is 0.438 e. The minimum atomic E-state index is -3.83. The average Bonchev–Trinajstić information content (AvgIpc) is 3.05. The summed E-state index contributed by atoms with van der Waals surface area (Å²) in [7, 11) is -2.28. The van der Waals surface area contributed by atoms with E-state index >= 15 is 0 Å². The van der Waals surface area contributed by atoms with Crippen LogP contribution in [0.1, 0.15) is 43.0 Å². The van der Waals surface area contributed by atoms with Crippen molar-refractivity contribution in [2.75, 3.05) is 13.7 Å². The van der Waals surface area contributed by atoms with Gasteiger partial charge in [-0.15, -0.1) is 0 Å². The minimum Gasteiger partial charge on any atom is -0.438 e. The highest BCUT2D eigenvalue weighted by Crippen LogP contribution is 2.18. The van der Waals surface area contributed by atoms with Crippen LogP contribution in [0.4, 0.5) is 0 Å². The van der Waals surface area contributed by atoms with E-state index in [1.807, 2.05) is 30.3 Å². The van der Waals surface area contributed by atoms with Crippen molar-refractivity contribution < 1.29 is 22.4 Å². The minimum absolute atomic E-state index is 0.0813. The Morgan fingerprint density at radius 3 is 2.38 bits per heavy atom. The zero-order chi connectivity index (χ0) is 19.4. The van der Waals surface area contributed by atoms with E-state index < -0.39 is 21.5 Å². The lowest BCUT2D eigenvalue weighted by molar-refractivity contribution is 0.0803. The van der Waals surface area contributed by atoms with Gasteiger partial charge in [0.15, 0.2) is 5.76 Å². The number of methoxy groups -OCH3 is 1. The lowest BCUT2D eigenvalue weighted by Crippen LogP contribution is -2.40. The monoisotopic (exact) mass is 380 g/mol. The summed E-state index contributed by atoms with van der Waals surface area (Å²) in [4.78, 5) is 12.2. The highest BCUT2D eigenvalue weighted by atomic mass is 32.2. The van der Waals surface area contributed by atoms with Crippen molar-refractivity contribution in [3.8, 4) is 0 Å². The van der Waals surface area contributed by atoms with Crippen LogP contribution in [-0.4, -0.2) is 33.5 Å². The molecule has 2 aromatic rings. The standard InChI is InChI=1S/C18H24N2O5S/c1-18(2,3)20-26(22,23)16-11-10-14(25-16)17(21)19-12-15(24-4)13-8-6-5-7-9-13/h5-11,15,20H,12H2,1-4H3,(H,19,21)/t15-/m1/s1. The summed E-state index contributed by atoms with van der Waals surface area (Å²) in [5, 5.41) is 2.39. The predicted octanol–water partition coefficient (Wildman–Crippen LogP) is 2.47. The summed E-state index contributed by atoms with van der Waals surface area (Å²) in [6.07, 6.45) is -0.319. The molecule has 0 saturated heterocycles.